The SMILES string of the molecule is CN=C(NCCSc1ccccc1)NCCC(=O)N1CCCCC1C. The summed E-state index contributed by atoms with van der Waals surface area (Å²) in [5.41, 5.74) is 0. The van der Waals surface area contributed by atoms with Crippen LogP contribution in [0.25, 0.3) is 0 Å². The Labute approximate surface area is 155 Å². The van der Waals surface area contributed by atoms with E-state index in [1.54, 1.807) is 7.05 Å². The number of piperidine rings is 1. The lowest BCUT2D eigenvalue weighted by atomic mass is 10.0. The van der Waals surface area contributed by atoms with Gasteiger partial charge in [-0.2, -0.15) is 0 Å². The fraction of sp³-hybridized carbons (Fsp3) is 0.579. The van der Waals surface area contributed by atoms with Crippen molar-refractivity contribution >= 4 is 23.6 Å². The molecule has 5 nitrogen and oxygen atoms in total. The van der Waals surface area contributed by atoms with Crippen LogP contribution in [0.5, 0.6) is 0 Å². The Bertz CT molecular complexity index is 550. The first-order valence-electron chi connectivity index (χ1n) is 9.12. The van der Waals surface area contributed by atoms with E-state index in [4.69, 9.17) is 0 Å². The van der Waals surface area contributed by atoms with E-state index in [9.17, 15) is 4.79 Å². The lowest BCUT2D eigenvalue weighted by Gasteiger charge is -2.33. The molecule has 2 rings (SSSR count). The fourth-order valence-corrected chi connectivity index (χ4v) is 3.77. The van der Waals surface area contributed by atoms with Gasteiger partial charge in [0, 0.05) is 49.8 Å². The minimum Gasteiger partial charge on any atom is -0.356 e. The van der Waals surface area contributed by atoms with E-state index < -0.39 is 0 Å². The molecule has 1 saturated heterocycles. The second-order valence-electron chi connectivity index (χ2n) is 6.27. The van der Waals surface area contributed by atoms with Crippen LogP contribution < -0.4 is 10.6 Å². The minimum atomic E-state index is 0.245. The molecule has 0 spiro atoms. The van der Waals surface area contributed by atoms with E-state index in [0.717, 1.165) is 37.6 Å². The number of likely N-dealkylation sites (tertiary alicyclic amines) is 1. The summed E-state index contributed by atoms with van der Waals surface area (Å²) in [4.78, 5) is 19.8. The third kappa shape index (κ3) is 6.98. The zero-order valence-corrected chi connectivity index (χ0v) is 16.1. The Balaban J connectivity index is 1.60. The molecular formula is C19H30N4OS. The maximum atomic E-state index is 12.3. The van der Waals surface area contributed by atoms with Crippen molar-refractivity contribution in [3.63, 3.8) is 0 Å². The van der Waals surface area contributed by atoms with Crippen LogP contribution in [0, 0.1) is 0 Å². The summed E-state index contributed by atoms with van der Waals surface area (Å²) < 4.78 is 0. The highest BCUT2D eigenvalue weighted by Gasteiger charge is 2.22. The van der Waals surface area contributed by atoms with Gasteiger partial charge in [0.1, 0.15) is 0 Å². The van der Waals surface area contributed by atoms with Crippen LogP contribution in [0.3, 0.4) is 0 Å². The summed E-state index contributed by atoms with van der Waals surface area (Å²) in [6, 6.07) is 10.7. The van der Waals surface area contributed by atoms with Crippen LogP contribution in [0.15, 0.2) is 40.2 Å². The highest BCUT2D eigenvalue weighted by molar-refractivity contribution is 7.99. The molecule has 138 valence electrons. The number of amides is 1. The van der Waals surface area contributed by atoms with Crippen molar-refractivity contribution in [2.45, 2.75) is 43.5 Å². The van der Waals surface area contributed by atoms with Gasteiger partial charge in [-0.25, -0.2) is 0 Å². The maximum Gasteiger partial charge on any atom is 0.224 e. The van der Waals surface area contributed by atoms with Gasteiger partial charge >= 0.3 is 0 Å². The van der Waals surface area contributed by atoms with Gasteiger partial charge in [0.25, 0.3) is 0 Å². The number of aliphatic imine (C=N–C) groups is 1. The van der Waals surface area contributed by atoms with Crippen molar-refractivity contribution in [3.8, 4) is 0 Å². The molecule has 1 unspecified atom stereocenters. The Morgan fingerprint density at radius 3 is 2.72 bits per heavy atom. The monoisotopic (exact) mass is 362 g/mol. The van der Waals surface area contributed by atoms with Crippen molar-refractivity contribution < 1.29 is 4.79 Å². The zero-order chi connectivity index (χ0) is 17.9. The summed E-state index contributed by atoms with van der Waals surface area (Å²) in [6.07, 6.45) is 4.01. The first-order valence-corrected chi connectivity index (χ1v) is 10.1. The molecule has 6 heteroatoms. The smallest absolute Gasteiger partial charge is 0.224 e. The Morgan fingerprint density at radius 2 is 2.00 bits per heavy atom. The molecule has 0 radical (unpaired) electrons. The largest absolute Gasteiger partial charge is 0.356 e. The van der Waals surface area contributed by atoms with Crippen molar-refractivity contribution in [1.82, 2.24) is 15.5 Å². The number of carbonyl (C=O) groups excluding carboxylic acids is 1. The summed E-state index contributed by atoms with van der Waals surface area (Å²) in [7, 11) is 1.76. The van der Waals surface area contributed by atoms with Gasteiger partial charge in [-0.05, 0) is 38.3 Å². The molecule has 2 N–H and O–H groups in total. The van der Waals surface area contributed by atoms with Gasteiger partial charge in [-0.15, -0.1) is 11.8 Å². The van der Waals surface area contributed by atoms with Crippen LogP contribution in [0.1, 0.15) is 32.6 Å². The molecule has 0 aliphatic carbocycles. The summed E-state index contributed by atoms with van der Waals surface area (Å²) in [5, 5.41) is 6.53. The Kier molecular flexibility index (Phi) is 8.66. The maximum absolute atomic E-state index is 12.3. The molecule has 1 heterocycles. The van der Waals surface area contributed by atoms with E-state index in [0.29, 0.717) is 19.0 Å². The Hall–Kier alpha value is -1.69. The van der Waals surface area contributed by atoms with Crippen LogP contribution in [-0.4, -0.2) is 55.2 Å². The van der Waals surface area contributed by atoms with Crippen molar-refractivity contribution in [1.29, 1.82) is 0 Å². The number of hydrogen-bond donors (Lipinski definition) is 2. The van der Waals surface area contributed by atoms with Crippen molar-refractivity contribution in [2.75, 3.05) is 32.4 Å². The first kappa shape index (κ1) is 19.6. The molecule has 25 heavy (non-hydrogen) atoms. The van der Waals surface area contributed by atoms with E-state index in [1.807, 2.05) is 22.7 Å². The number of guanidine groups is 1. The quantitative estimate of drug-likeness (QED) is 0.339. The molecule has 0 aromatic heterocycles. The molecule has 1 atom stereocenters. The molecule has 1 aliphatic heterocycles. The highest BCUT2D eigenvalue weighted by Crippen LogP contribution is 2.17. The standard InChI is InChI=1S/C19H30N4OS/c1-16-8-6-7-14-23(16)18(24)11-12-21-19(20-2)22-13-15-25-17-9-4-3-5-10-17/h3-5,9-10,16H,6-8,11-15H2,1-2H3,(H2,20,21,22). The minimum absolute atomic E-state index is 0.245. The number of carbonyl (C=O) groups is 1. The van der Waals surface area contributed by atoms with Gasteiger partial charge < -0.3 is 15.5 Å². The van der Waals surface area contributed by atoms with Crippen molar-refractivity contribution in [3.05, 3.63) is 30.3 Å². The Morgan fingerprint density at radius 1 is 1.24 bits per heavy atom. The normalized spacial score (nSPS) is 18.1. The van der Waals surface area contributed by atoms with Gasteiger partial charge in [-0.1, -0.05) is 18.2 Å². The summed E-state index contributed by atoms with van der Waals surface area (Å²) in [5.74, 6) is 1.97. The molecule has 1 amide bonds. The molecular weight excluding hydrogens is 332 g/mol. The molecule has 1 aromatic carbocycles. The van der Waals surface area contributed by atoms with Crippen LogP contribution >= 0.6 is 11.8 Å². The van der Waals surface area contributed by atoms with E-state index in [-0.39, 0.29) is 5.91 Å². The number of hydrogen-bond acceptors (Lipinski definition) is 3. The van der Waals surface area contributed by atoms with E-state index >= 15 is 0 Å². The zero-order valence-electron chi connectivity index (χ0n) is 15.3. The van der Waals surface area contributed by atoms with Crippen LogP contribution in [0.2, 0.25) is 0 Å². The van der Waals surface area contributed by atoms with Crippen LogP contribution in [0.4, 0.5) is 0 Å². The van der Waals surface area contributed by atoms with Crippen LogP contribution in [-0.2, 0) is 4.79 Å². The second-order valence-corrected chi connectivity index (χ2v) is 7.44. The third-order valence-corrected chi connectivity index (χ3v) is 5.40. The molecule has 1 fully saturated rings. The second kappa shape index (κ2) is 11.0. The van der Waals surface area contributed by atoms with Gasteiger partial charge in [-0.3, -0.25) is 9.79 Å². The van der Waals surface area contributed by atoms with Gasteiger partial charge in [0.15, 0.2) is 5.96 Å². The molecule has 0 saturated carbocycles. The van der Waals surface area contributed by atoms with Gasteiger partial charge in [0.05, 0.1) is 0 Å². The predicted octanol–water partition coefficient (Wildman–Crippen LogP) is 2.73. The lowest BCUT2D eigenvalue weighted by Crippen LogP contribution is -2.44. The predicted molar refractivity (Wildman–Crippen MR) is 106 cm³/mol. The topological polar surface area (TPSA) is 56.7 Å². The number of thioether (sulfide) groups is 1. The molecule has 0 bridgehead atoms. The van der Waals surface area contributed by atoms with Crippen molar-refractivity contribution in [2.24, 2.45) is 4.99 Å². The van der Waals surface area contributed by atoms with E-state index in [2.05, 4.69) is 46.8 Å². The van der Waals surface area contributed by atoms with Gasteiger partial charge in [0.2, 0.25) is 5.91 Å². The number of nitrogens with zero attached hydrogens (tertiary/aromatic N) is 2. The molecule has 1 aliphatic rings. The average Bonchev–Trinajstić information content (AvgIpc) is 2.64. The van der Waals surface area contributed by atoms with E-state index in [1.165, 1.54) is 11.3 Å². The number of rotatable bonds is 7. The lowest BCUT2D eigenvalue weighted by molar-refractivity contribution is -0.134. The average molecular weight is 363 g/mol. The molecule has 1 aromatic rings. The number of nitrogens with one attached hydrogen (secondary N) is 2. The number of benzene rings is 1. The highest BCUT2D eigenvalue weighted by atomic mass is 32.2. The third-order valence-electron chi connectivity index (χ3n) is 4.38. The summed E-state index contributed by atoms with van der Waals surface area (Å²) >= 11 is 1.81. The first-order chi connectivity index (χ1) is 12.2. The fourth-order valence-electron chi connectivity index (χ4n) is 2.98. The summed E-state index contributed by atoms with van der Waals surface area (Å²) in [6.45, 7) is 4.50.